The number of alkyl halides is 3. The van der Waals surface area contributed by atoms with Crippen LogP contribution in [0.1, 0.15) is 17.5 Å². The van der Waals surface area contributed by atoms with Crippen molar-refractivity contribution in [1.82, 2.24) is 9.88 Å². The van der Waals surface area contributed by atoms with E-state index in [2.05, 4.69) is 10.3 Å². The number of aromatic nitrogens is 1. The first-order valence-electron chi connectivity index (χ1n) is 8.75. The molecular formula is C19H20F3N3O3. The number of pyridine rings is 1. The summed E-state index contributed by atoms with van der Waals surface area (Å²) < 4.78 is 44.7. The van der Waals surface area contributed by atoms with Crippen LogP contribution in [-0.2, 0) is 17.6 Å². The number of carbonyl (C=O) groups is 1. The second kappa shape index (κ2) is 8.47. The number of carbonyl (C=O) groups excluding carboxylic acids is 1. The summed E-state index contributed by atoms with van der Waals surface area (Å²) in [5, 5.41) is 11.9. The Labute approximate surface area is 159 Å². The molecule has 1 saturated heterocycles. The van der Waals surface area contributed by atoms with Crippen molar-refractivity contribution in [1.29, 1.82) is 0 Å². The monoisotopic (exact) mass is 395 g/mol. The first-order valence-corrected chi connectivity index (χ1v) is 8.75. The van der Waals surface area contributed by atoms with Gasteiger partial charge in [0.25, 0.3) is 5.91 Å². The van der Waals surface area contributed by atoms with Crippen LogP contribution >= 0.6 is 0 Å². The number of benzene rings is 1. The van der Waals surface area contributed by atoms with Gasteiger partial charge in [-0.3, -0.25) is 9.78 Å². The third-order valence-electron chi connectivity index (χ3n) is 4.50. The molecule has 1 amide bonds. The lowest BCUT2D eigenvalue weighted by atomic mass is 10.2. The average Bonchev–Trinajstić information content (AvgIpc) is 3.14. The van der Waals surface area contributed by atoms with Crippen molar-refractivity contribution in [2.24, 2.45) is 0 Å². The van der Waals surface area contributed by atoms with Gasteiger partial charge >= 0.3 is 6.18 Å². The van der Waals surface area contributed by atoms with Crippen LogP contribution in [-0.4, -0.2) is 46.6 Å². The average molecular weight is 395 g/mol. The van der Waals surface area contributed by atoms with Crippen LogP contribution in [0.2, 0.25) is 0 Å². The van der Waals surface area contributed by atoms with Crippen molar-refractivity contribution in [3.63, 3.8) is 0 Å². The molecular weight excluding hydrogens is 375 g/mol. The van der Waals surface area contributed by atoms with Gasteiger partial charge in [-0.25, -0.2) is 0 Å². The van der Waals surface area contributed by atoms with Crippen molar-refractivity contribution in [2.45, 2.75) is 25.2 Å². The minimum absolute atomic E-state index is 0.0750. The lowest BCUT2D eigenvalue weighted by Gasteiger charge is -2.20. The molecule has 2 N–H and O–H groups in total. The Hall–Kier alpha value is -2.81. The van der Waals surface area contributed by atoms with Gasteiger partial charge in [0.2, 0.25) is 0 Å². The minimum atomic E-state index is -4.47. The zero-order valence-corrected chi connectivity index (χ0v) is 14.9. The van der Waals surface area contributed by atoms with Gasteiger partial charge in [-0.2, -0.15) is 13.2 Å². The second-order valence-corrected chi connectivity index (χ2v) is 6.48. The first-order chi connectivity index (χ1) is 13.4. The van der Waals surface area contributed by atoms with E-state index in [0.717, 1.165) is 24.0 Å². The van der Waals surface area contributed by atoms with E-state index in [9.17, 15) is 18.0 Å². The summed E-state index contributed by atoms with van der Waals surface area (Å²) in [5.74, 6) is 0.266. The van der Waals surface area contributed by atoms with Crippen LogP contribution in [0.4, 0.5) is 18.9 Å². The summed E-state index contributed by atoms with van der Waals surface area (Å²) in [7, 11) is 0. The third-order valence-corrected chi connectivity index (χ3v) is 4.50. The first kappa shape index (κ1) is 19.9. The molecule has 1 atom stereocenters. The zero-order chi connectivity index (χ0) is 20.1. The van der Waals surface area contributed by atoms with E-state index < -0.39 is 11.7 Å². The Morgan fingerprint density at radius 1 is 1.29 bits per heavy atom. The number of nitrogens with zero attached hydrogens (tertiary/aromatic N) is 2. The molecule has 0 aliphatic carbocycles. The number of anilines is 1. The van der Waals surface area contributed by atoms with Crippen molar-refractivity contribution in [3.05, 3.63) is 53.9 Å². The lowest BCUT2D eigenvalue weighted by Crippen LogP contribution is -2.35. The molecule has 0 spiro atoms. The minimum Gasteiger partial charge on any atom is -0.484 e. The highest BCUT2D eigenvalue weighted by Gasteiger charge is 2.35. The summed E-state index contributed by atoms with van der Waals surface area (Å²) in [5.41, 5.74) is -0.128. The van der Waals surface area contributed by atoms with Crippen molar-refractivity contribution >= 4 is 11.6 Å². The Morgan fingerprint density at radius 2 is 2.04 bits per heavy atom. The summed E-state index contributed by atoms with van der Waals surface area (Å²) in [6.07, 6.45) is -1.70. The number of hydrogen-bond donors (Lipinski definition) is 2. The van der Waals surface area contributed by atoms with Crippen LogP contribution in [0.25, 0.3) is 0 Å². The van der Waals surface area contributed by atoms with E-state index in [4.69, 9.17) is 9.84 Å². The van der Waals surface area contributed by atoms with Gasteiger partial charge in [0, 0.05) is 25.3 Å². The molecule has 0 saturated carbocycles. The molecule has 2 heterocycles. The standard InChI is InChI=1S/C19H20F3N3O3/c20-19(21,22)16-5-7-23-9-17(16)24-14-6-8-25(10-14)18(27)12-28-15-3-1-13(11-26)2-4-15/h1-5,7,9,14,24,26H,6,8,10-12H2/t14-/m1/s1. The number of nitrogens with one attached hydrogen (secondary N) is 1. The van der Waals surface area contributed by atoms with Crippen LogP contribution in [0.5, 0.6) is 5.75 Å². The second-order valence-electron chi connectivity index (χ2n) is 6.48. The summed E-state index contributed by atoms with van der Waals surface area (Å²) in [4.78, 5) is 17.6. The van der Waals surface area contributed by atoms with Crippen molar-refractivity contribution in [2.75, 3.05) is 25.0 Å². The molecule has 0 radical (unpaired) electrons. The Morgan fingerprint density at radius 3 is 2.71 bits per heavy atom. The number of aliphatic hydroxyl groups is 1. The Bertz CT molecular complexity index is 812. The third kappa shape index (κ3) is 4.92. The molecule has 28 heavy (non-hydrogen) atoms. The maximum absolute atomic E-state index is 13.1. The number of hydrogen-bond acceptors (Lipinski definition) is 5. The highest BCUT2D eigenvalue weighted by atomic mass is 19.4. The van der Waals surface area contributed by atoms with Gasteiger partial charge in [0.15, 0.2) is 6.61 Å². The van der Waals surface area contributed by atoms with Crippen LogP contribution in [0.3, 0.4) is 0 Å². The molecule has 2 aromatic rings. The van der Waals surface area contributed by atoms with E-state index in [0.29, 0.717) is 18.7 Å². The van der Waals surface area contributed by atoms with E-state index in [-0.39, 0.29) is 37.4 Å². The number of aliphatic hydroxyl groups excluding tert-OH is 1. The maximum atomic E-state index is 13.1. The van der Waals surface area contributed by atoms with Crippen molar-refractivity contribution in [3.8, 4) is 5.75 Å². The van der Waals surface area contributed by atoms with Crippen LogP contribution in [0.15, 0.2) is 42.7 Å². The van der Waals surface area contributed by atoms with E-state index in [1.807, 2.05) is 0 Å². The molecule has 3 rings (SSSR count). The quantitative estimate of drug-likeness (QED) is 0.787. The Balaban J connectivity index is 1.53. The molecule has 1 fully saturated rings. The summed E-state index contributed by atoms with van der Waals surface area (Å²) in [6, 6.07) is 7.35. The fourth-order valence-electron chi connectivity index (χ4n) is 3.01. The molecule has 1 aliphatic rings. The van der Waals surface area contributed by atoms with Gasteiger partial charge in [-0.15, -0.1) is 0 Å². The molecule has 1 aromatic carbocycles. The fourth-order valence-corrected chi connectivity index (χ4v) is 3.01. The number of halogens is 3. The van der Waals surface area contributed by atoms with Crippen molar-refractivity contribution < 1.29 is 27.8 Å². The molecule has 0 unspecified atom stereocenters. The maximum Gasteiger partial charge on any atom is 0.418 e. The van der Waals surface area contributed by atoms with E-state index in [1.54, 1.807) is 29.2 Å². The van der Waals surface area contributed by atoms with E-state index >= 15 is 0 Å². The predicted molar refractivity (Wildman–Crippen MR) is 95.7 cm³/mol. The fraction of sp³-hybridized carbons (Fsp3) is 0.368. The smallest absolute Gasteiger partial charge is 0.418 e. The molecule has 9 heteroatoms. The SMILES string of the molecule is O=C(COc1ccc(CO)cc1)N1CC[C@@H](Nc2cnccc2C(F)(F)F)C1. The number of likely N-dealkylation sites (tertiary alicyclic amines) is 1. The molecule has 1 aromatic heterocycles. The zero-order valence-electron chi connectivity index (χ0n) is 14.9. The summed E-state index contributed by atoms with van der Waals surface area (Å²) >= 11 is 0. The van der Waals surface area contributed by atoms with Crippen LogP contribution < -0.4 is 10.1 Å². The largest absolute Gasteiger partial charge is 0.484 e. The molecule has 0 bridgehead atoms. The van der Waals surface area contributed by atoms with Gasteiger partial charge in [0.1, 0.15) is 5.75 Å². The van der Waals surface area contributed by atoms with E-state index in [1.165, 1.54) is 0 Å². The van der Waals surface area contributed by atoms with Gasteiger partial charge in [-0.1, -0.05) is 12.1 Å². The topological polar surface area (TPSA) is 74.7 Å². The number of amides is 1. The summed E-state index contributed by atoms with van der Waals surface area (Å²) in [6.45, 7) is 0.489. The number of rotatable bonds is 6. The van der Waals surface area contributed by atoms with Crippen LogP contribution in [0, 0.1) is 0 Å². The molecule has 6 nitrogen and oxygen atoms in total. The molecule has 150 valence electrons. The normalized spacial score (nSPS) is 16.9. The van der Waals surface area contributed by atoms with Gasteiger partial charge in [0.05, 0.1) is 24.1 Å². The van der Waals surface area contributed by atoms with Gasteiger partial charge < -0.3 is 20.1 Å². The highest BCUT2D eigenvalue weighted by Crippen LogP contribution is 2.34. The lowest BCUT2D eigenvalue weighted by molar-refractivity contribution is -0.137. The Kier molecular flexibility index (Phi) is 6.03. The highest BCUT2D eigenvalue weighted by molar-refractivity contribution is 5.78. The van der Waals surface area contributed by atoms with Gasteiger partial charge in [-0.05, 0) is 30.2 Å². The number of ether oxygens (including phenoxy) is 1. The predicted octanol–water partition coefficient (Wildman–Crippen LogP) is 2.68. The molecule has 1 aliphatic heterocycles.